The molecule has 0 unspecified atom stereocenters. The van der Waals surface area contributed by atoms with Crippen LogP contribution in [-0.2, 0) is 10.9 Å². The van der Waals surface area contributed by atoms with E-state index in [0.717, 1.165) is 43.6 Å². The van der Waals surface area contributed by atoms with Gasteiger partial charge >= 0.3 is 12.3 Å². The molecule has 1 amide bonds. The van der Waals surface area contributed by atoms with Crippen molar-refractivity contribution in [3.8, 4) is 0 Å². The third kappa shape index (κ3) is 5.71. The molecule has 2 fully saturated rings. The monoisotopic (exact) mass is 478 g/mol. The maximum atomic E-state index is 12.8. The van der Waals surface area contributed by atoms with E-state index >= 15 is 0 Å². The van der Waals surface area contributed by atoms with E-state index in [9.17, 15) is 18.0 Å². The number of carbonyl (C=O) groups excluding carboxylic acids is 1. The number of hydrogen-bond donors (Lipinski definition) is 1. The number of aromatic nitrogens is 2. The van der Waals surface area contributed by atoms with Crippen molar-refractivity contribution >= 4 is 42.3 Å². The van der Waals surface area contributed by atoms with Crippen molar-refractivity contribution in [2.45, 2.75) is 37.5 Å². The molecule has 2 aromatic heterocycles. The second-order valence-corrected chi connectivity index (χ2v) is 7.63. The van der Waals surface area contributed by atoms with E-state index in [1.807, 2.05) is 6.07 Å². The summed E-state index contributed by atoms with van der Waals surface area (Å²) in [6.45, 7) is 1.05. The highest BCUT2D eigenvalue weighted by atomic mass is 35.5. The lowest BCUT2D eigenvalue weighted by Gasteiger charge is -2.35. The summed E-state index contributed by atoms with van der Waals surface area (Å²) in [6, 6.07) is 4.67. The first-order chi connectivity index (χ1) is 13.8. The molecule has 3 heterocycles. The Morgan fingerprint density at radius 1 is 1.16 bits per heavy atom. The minimum Gasteiger partial charge on any atom is -0.441 e. The summed E-state index contributed by atoms with van der Waals surface area (Å²) in [5, 5.41) is 3.06. The van der Waals surface area contributed by atoms with Crippen LogP contribution >= 0.6 is 24.8 Å². The topological polar surface area (TPSA) is 67.3 Å². The van der Waals surface area contributed by atoms with Gasteiger partial charge in [-0.05, 0) is 49.8 Å². The van der Waals surface area contributed by atoms with Gasteiger partial charge in [0.1, 0.15) is 5.60 Å². The molecule has 2 aromatic rings. The second kappa shape index (κ2) is 9.91. The molecule has 1 N–H and O–H groups in total. The Labute approximate surface area is 190 Å². The van der Waals surface area contributed by atoms with Gasteiger partial charge in [0.05, 0.1) is 29.7 Å². The first-order valence-corrected chi connectivity index (χ1v) is 9.51. The Kier molecular flexibility index (Phi) is 7.99. The summed E-state index contributed by atoms with van der Waals surface area (Å²) in [6.07, 6.45) is 3.84. The molecule has 0 radical (unpaired) electrons. The molecule has 1 aliphatic heterocycles. The van der Waals surface area contributed by atoms with E-state index in [-0.39, 0.29) is 30.9 Å². The van der Waals surface area contributed by atoms with E-state index in [4.69, 9.17) is 4.74 Å². The molecule has 6 nitrogen and oxygen atoms in total. The van der Waals surface area contributed by atoms with E-state index < -0.39 is 17.3 Å². The zero-order valence-electron chi connectivity index (χ0n) is 16.5. The molecule has 31 heavy (non-hydrogen) atoms. The molecule has 0 aromatic carbocycles. The number of ether oxygens (including phenoxy) is 1. The van der Waals surface area contributed by atoms with Crippen molar-refractivity contribution in [1.29, 1.82) is 0 Å². The van der Waals surface area contributed by atoms with Crippen molar-refractivity contribution in [3.05, 3.63) is 48.5 Å². The van der Waals surface area contributed by atoms with Crippen LogP contribution in [0.3, 0.4) is 0 Å². The number of rotatable bonds is 4. The van der Waals surface area contributed by atoms with Gasteiger partial charge in [-0.2, -0.15) is 13.2 Å². The van der Waals surface area contributed by atoms with E-state index in [1.54, 1.807) is 23.4 Å². The largest absolute Gasteiger partial charge is 0.441 e. The third-order valence-corrected chi connectivity index (χ3v) is 5.60. The average Bonchev–Trinajstić information content (AvgIpc) is 3.04. The van der Waals surface area contributed by atoms with Crippen LogP contribution in [0.1, 0.15) is 31.2 Å². The highest BCUT2D eigenvalue weighted by Crippen LogP contribution is 2.40. The predicted octanol–water partition coefficient (Wildman–Crippen LogP) is 5.34. The zero-order valence-corrected chi connectivity index (χ0v) is 18.1. The summed E-state index contributed by atoms with van der Waals surface area (Å²) >= 11 is 0. The molecule has 1 aliphatic carbocycles. The number of carbonyl (C=O) groups is 1. The predicted molar refractivity (Wildman–Crippen MR) is 115 cm³/mol. The summed E-state index contributed by atoms with van der Waals surface area (Å²) in [5.74, 6) is 0.293. The number of nitrogens with one attached hydrogen (secondary N) is 1. The van der Waals surface area contributed by atoms with Crippen LogP contribution in [0.15, 0.2) is 43.0 Å². The first-order valence-electron chi connectivity index (χ1n) is 9.51. The molecule has 0 bridgehead atoms. The number of nitrogens with zero attached hydrogens (tertiary/aromatic N) is 3. The van der Waals surface area contributed by atoms with Gasteiger partial charge in [-0.3, -0.25) is 14.9 Å². The first kappa shape index (κ1) is 25.0. The van der Waals surface area contributed by atoms with Gasteiger partial charge in [-0.25, -0.2) is 4.79 Å². The lowest BCUT2D eigenvalue weighted by atomic mass is 9.78. The van der Waals surface area contributed by atoms with Gasteiger partial charge in [0.25, 0.3) is 0 Å². The number of pyridine rings is 2. The lowest BCUT2D eigenvalue weighted by Crippen LogP contribution is -2.39. The summed E-state index contributed by atoms with van der Waals surface area (Å²) in [5.41, 5.74) is -0.190. The molecular weight excluding hydrogens is 456 g/mol. The van der Waals surface area contributed by atoms with Crippen LogP contribution in [0.2, 0.25) is 0 Å². The fraction of sp³-hybridized carbons (Fsp3) is 0.450. The fourth-order valence-electron chi connectivity index (χ4n) is 3.96. The van der Waals surface area contributed by atoms with Crippen molar-refractivity contribution in [2.24, 2.45) is 5.92 Å². The Balaban J connectivity index is 0.00000171. The van der Waals surface area contributed by atoms with Crippen molar-refractivity contribution in [1.82, 2.24) is 9.97 Å². The van der Waals surface area contributed by atoms with Crippen LogP contribution in [0.5, 0.6) is 0 Å². The maximum absolute atomic E-state index is 12.8. The van der Waals surface area contributed by atoms with Gasteiger partial charge in [0.15, 0.2) is 0 Å². The standard InChI is InChI=1S/C20H21F3N4O2.2ClH/c21-20(22,23)15-8-16(11-25-10-15)26-9-14-3-5-19(6-4-14)13-27(18(28)29-19)17-2-1-7-24-12-17;;/h1-2,7-8,10-12,14,26H,3-6,9,13H2;2*1H/t14-,19-;;. The van der Waals surface area contributed by atoms with Crippen LogP contribution in [-0.4, -0.2) is 34.8 Å². The van der Waals surface area contributed by atoms with Gasteiger partial charge in [-0.1, -0.05) is 0 Å². The van der Waals surface area contributed by atoms with Gasteiger partial charge < -0.3 is 10.1 Å². The molecule has 4 rings (SSSR count). The van der Waals surface area contributed by atoms with Crippen molar-refractivity contribution in [2.75, 3.05) is 23.3 Å². The SMILES string of the molecule is Cl.Cl.O=C1O[C@]2(CC[C@H](CNc3cncc(C(F)(F)F)c3)CC2)CN1c1cccnc1. The maximum Gasteiger partial charge on any atom is 0.417 e. The van der Waals surface area contributed by atoms with Gasteiger partial charge in [0.2, 0.25) is 0 Å². The van der Waals surface area contributed by atoms with Crippen LogP contribution in [0, 0.1) is 5.92 Å². The highest BCUT2D eigenvalue weighted by Gasteiger charge is 2.47. The van der Waals surface area contributed by atoms with Crippen molar-refractivity contribution < 1.29 is 22.7 Å². The fourth-order valence-corrected chi connectivity index (χ4v) is 3.96. The third-order valence-electron chi connectivity index (χ3n) is 5.60. The Bertz CT molecular complexity index is 878. The number of amides is 1. The number of halogens is 5. The Hall–Kier alpha value is -2.26. The van der Waals surface area contributed by atoms with Crippen LogP contribution in [0.4, 0.5) is 29.3 Å². The second-order valence-electron chi connectivity index (χ2n) is 7.63. The number of anilines is 2. The minimum atomic E-state index is -4.41. The summed E-state index contributed by atoms with van der Waals surface area (Å²) < 4.78 is 44.1. The molecule has 0 atom stereocenters. The molecule has 1 spiro atoms. The van der Waals surface area contributed by atoms with E-state index in [1.165, 1.54) is 6.20 Å². The molecule has 11 heteroatoms. The molecular formula is C20H23Cl2F3N4O2. The van der Waals surface area contributed by atoms with Crippen LogP contribution < -0.4 is 10.2 Å². The van der Waals surface area contributed by atoms with Gasteiger partial charge in [-0.15, -0.1) is 24.8 Å². The smallest absolute Gasteiger partial charge is 0.417 e. The molecule has 1 saturated carbocycles. The minimum absolute atomic E-state index is 0. The average molecular weight is 479 g/mol. The zero-order chi connectivity index (χ0) is 20.5. The Morgan fingerprint density at radius 3 is 2.55 bits per heavy atom. The van der Waals surface area contributed by atoms with E-state index in [0.29, 0.717) is 24.7 Å². The Morgan fingerprint density at radius 2 is 1.90 bits per heavy atom. The number of hydrogen-bond acceptors (Lipinski definition) is 5. The lowest BCUT2D eigenvalue weighted by molar-refractivity contribution is -0.137. The highest BCUT2D eigenvalue weighted by molar-refractivity contribution is 5.90. The normalized spacial score (nSPS) is 23.0. The quantitative estimate of drug-likeness (QED) is 0.642. The molecule has 1 saturated heterocycles. The van der Waals surface area contributed by atoms with Crippen LogP contribution in [0.25, 0.3) is 0 Å². The number of alkyl halides is 3. The molecule has 2 aliphatic rings. The molecule has 170 valence electrons. The summed E-state index contributed by atoms with van der Waals surface area (Å²) in [4.78, 5) is 21.6. The summed E-state index contributed by atoms with van der Waals surface area (Å²) in [7, 11) is 0. The van der Waals surface area contributed by atoms with E-state index in [2.05, 4.69) is 15.3 Å². The van der Waals surface area contributed by atoms with Gasteiger partial charge in [0, 0.05) is 25.1 Å². The van der Waals surface area contributed by atoms with Crippen molar-refractivity contribution in [3.63, 3.8) is 0 Å².